The fourth-order valence-corrected chi connectivity index (χ4v) is 1.62. The Balaban J connectivity index is 0. The summed E-state index contributed by atoms with van der Waals surface area (Å²) < 4.78 is 63.5. The third-order valence-electron chi connectivity index (χ3n) is 3.10. The van der Waals surface area contributed by atoms with Crippen LogP contribution in [0.1, 0.15) is 12.5 Å². The Morgan fingerprint density at radius 1 is 0.912 bits per heavy atom. The van der Waals surface area contributed by atoms with Crippen LogP contribution in [-0.2, 0) is 25.6 Å². The Bertz CT molecular complexity index is 832. The van der Waals surface area contributed by atoms with Crippen molar-refractivity contribution in [1.29, 1.82) is 0 Å². The summed E-state index contributed by atoms with van der Waals surface area (Å²) in [5.41, 5.74) is 11.2. The van der Waals surface area contributed by atoms with E-state index in [4.69, 9.17) is 36.4 Å². The minimum absolute atomic E-state index is 0.191. The average molecular weight is 506 g/mol. The third-order valence-corrected chi connectivity index (χ3v) is 3.10. The van der Waals surface area contributed by atoms with Gasteiger partial charge in [-0.3, -0.25) is 4.79 Å². The first kappa shape index (κ1) is 32.1. The summed E-state index contributed by atoms with van der Waals surface area (Å²) >= 11 is 0. The maximum absolute atomic E-state index is 11.8. The molecule has 0 aliphatic heterocycles. The van der Waals surface area contributed by atoms with Crippen molar-refractivity contribution in [2.45, 2.75) is 37.8 Å². The Morgan fingerprint density at radius 2 is 1.29 bits per heavy atom. The second-order valence-corrected chi connectivity index (χ2v) is 5.92. The molecule has 0 saturated heterocycles. The van der Waals surface area contributed by atoms with Crippen molar-refractivity contribution in [3.05, 3.63) is 35.9 Å². The van der Waals surface area contributed by atoms with Gasteiger partial charge in [0.05, 0.1) is 0 Å². The molecular weight excluding hydrogens is 486 g/mol. The lowest BCUT2D eigenvalue weighted by atomic mass is 10.1. The molecule has 11 nitrogen and oxygen atoms in total. The molecule has 0 bridgehead atoms. The number of rotatable bonds is 6. The molecular formula is C17H20F6N4O7. The maximum Gasteiger partial charge on any atom is 0.490 e. The Kier molecular flexibility index (Phi) is 13.4. The summed E-state index contributed by atoms with van der Waals surface area (Å²) in [5.74, 6) is -7.39. The van der Waals surface area contributed by atoms with E-state index in [2.05, 4.69) is 10.3 Å². The van der Waals surface area contributed by atoms with Crippen LogP contribution in [0, 0.1) is 0 Å². The van der Waals surface area contributed by atoms with Gasteiger partial charge in [-0.15, -0.1) is 0 Å². The first-order chi connectivity index (χ1) is 15.3. The molecule has 0 aromatic heterocycles. The first-order valence-corrected chi connectivity index (χ1v) is 8.55. The molecule has 8 N–H and O–H groups in total. The van der Waals surface area contributed by atoms with Gasteiger partial charge in [0, 0.05) is 6.42 Å². The normalized spacial score (nSPS) is 12.3. The molecule has 1 aromatic carbocycles. The van der Waals surface area contributed by atoms with Crippen LogP contribution in [0.15, 0.2) is 35.3 Å². The summed E-state index contributed by atoms with van der Waals surface area (Å²) in [6, 6.07) is 7.16. The second kappa shape index (κ2) is 14.2. The Hall–Kier alpha value is -4.05. The highest BCUT2D eigenvalue weighted by Crippen LogP contribution is 2.13. The van der Waals surface area contributed by atoms with Crippen molar-refractivity contribution in [2.24, 2.45) is 16.5 Å². The van der Waals surface area contributed by atoms with Gasteiger partial charge in [-0.25, -0.2) is 19.4 Å². The number of nitrogens with zero attached hydrogens (tertiary/aromatic N) is 1. The molecule has 0 aliphatic carbocycles. The lowest BCUT2D eigenvalue weighted by molar-refractivity contribution is -0.193. The van der Waals surface area contributed by atoms with Gasteiger partial charge in [-0.2, -0.15) is 26.3 Å². The van der Waals surface area contributed by atoms with Crippen molar-refractivity contribution in [3.8, 4) is 0 Å². The fraction of sp³-hybridized carbons (Fsp3) is 0.353. The van der Waals surface area contributed by atoms with Crippen molar-refractivity contribution >= 4 is 29.8 Å². The summed E-state index contributed by atoms with van der Waals surface area (Å²) in [6.07, 6.45) is -9.98. The third kappa shape index (κ3) is 15.7. The van der Waals surface area contributed by atoms with Gasteiger partial charge in [0.1, 0.15) is 12.1 Å². The van der Waals surface area contributed by atoms with Crippen LogP contribution >= 0.6 is 0 Å². The number of alkyl halides is 6. The van der Waals surface area contributed by atoms with E-state index in [9.17, 15) is 35.9 Å². The molecule has 1 amide bonds. The van der Waals surface area contributed by atoms with Crippen molar-refractivity contribution in [2.75, 3.05) is 0 Å². The van der Waals surface area contributed by atoms with E-state index in [0.29, 0.717) is 0 Å². The zero-order chi connectivity index (χ0) is 27.3. The molecule has 1 rings (SSSR count). The molecule has 0 fully saturated rings. The van der Waals surface area contributed by atoms with Crippen LogP contribution in [0.25, 0.3) is 0 Å². The number of nitrogens with one attached hydrogen (secondary N) is 1. The fourth-order valence-electron chi connectivity index (χ4n) is 1.62. The summed E-state index contributed by atoms with van der Waals surface area (Å²) in [7, 11) is 0. The van der Waals surface area contributed by atoms with Crippen LogP contribution in [0.2, 0.25) is 0 Å². The molecule has 0 radical (unpaired) electrons. The van der Waals surface area contributed by atoms with Crippen LogP contribution in [0.5, 0.6) is 0 Å². The zero-order valence-corrected chi connectivity index (χ0v) is 17.1. The van der Waals surface area contributed by atoms with E-state index in [1.54, 1.807) is 24.3 Å². The number of halogens is 6. The van der Waals surface area contributed by atoms with Crippen molar-refractivity contribution in [3.63, 3.8) is 0 Å². The van der Waals surface area contributed by atoms with E-state index >= 15 is 0 Å². The quantitative estimate of drug-likeness (QED) is 0.182. The standard InChI is InChI=1S/C13H18N4O3.2C2HF3O2/c1-8(16-13(14)15)11(18)17-10(12(19)20)7-9-5-3-2-4-6-9;2*3-2(4,5)1(6)7/h2-6,8,10H,7H2,1H3,(H,17,18)(H,19,20)(H4,14,15,16);2*(H,6,7)/t8-,10-;;/m0../s1. The van der Waals surface area contributed by atoms with Gasteiger partial charge in [-0.05, 0) is 12.5 Å². The lowest BCUT2D eigenvalue weighted by Gasteiger charge is -2.16. The number of carbonyl (C=O) groups is 4. The average Bonchev–Trinajstić information content (AvgIpc) is 2.67. The second-order valence-electron chi connectivity index (χ2n) is 5.92. The lowest BCUT2D eigenvalue weighted by Crippen LogP contribution is -2.46. The predicted octanol–water partition coefficient (Wildman–Crippen LogP) is 0.727. The molecule has 0 spiro atoms. The SMILES string of the molecule is C[C@H](N=C(N)N)C(=O)N[C@@H](Cc1ccccc1)C(=O)O.O=C(O)C(F)(F)F.O=C(O)C(F)(F)F. The van der Waals surface area contributed by atoms with E-state index < -0.39 is 48.3 Å². The molecule has 0 unspecified atom stereocenters. The minimum atomic E-state index is -5.08. The number of aliphatic carboxylic acids is 3. The molecule has 192 valence electrons. The molecule has 0 heterocycles. The smallest absolute Gasteiger partial charge is 0.480 e. The number of carbonyl (C=O) groups excluding carboxylic acids is 1. The van der Waals surface area contributed by atoms with Crippen LogP contribution < -0.4 is 16.8 Å². The Morgan fingerprint density at radius 3 is 1.59 bits per heavy atom. The number of carboxylic acids is 3. The molecule has 0 aliphatic rings. The number of guanidine groups is 1. The number of amides is 1. The zero-order valence-electron chi connectivity index (χ0n) is 17.1. The van der Waals surface area contributed by atoms with Crippen molar-refractivity contribution < 1.29 is 60.8 Å². The van der Waals surface area contributed by atoms with E-state index in [-0.39, 0.29) is 12.4 Å². The number of nitrogens with two attached hydrogens (primary N) is 2. The monoisotopic (exact) mass is 506 g/mol. The van der Waals surface area contributed by atoms with Crippen LogP contribution in [0.4, 0.5) is 26.3 Å². The maximum atomic E-state index is 11.8. The molecule has 1 aromatic rings. The largest absolute Gasteiger partial charge is 0.490 e. The number of benzene rings is 1. The minimum Gasteiger partial charge on any atom is -0.480 e. The summed E-state index contributed by atoms with van der Waals surface area (Å²) in [5, 5.41) is 25.8. The van der Waals surface area contributed by atoms with Crippen molar-refractivity contribution in [1.82, 2.24) is 5.32 Å². The first-order valence-electron chi connectivity index (χ1n) is 8.55. The number of aliphatic imine (C=N–C) groups is 1. The molecule has 2 atom stereocenters. The highest BCUT2D eigenvalue weighted by atomic mass is 19.4. The number of hydrogen-bond acceptors (Lipinski definition) is 5. The molecule has 34 heavy (non-hydrogen) atoms. The van der Waals surface area contributed by atoms with Gasteiger partial charge in [0.15, 0.2) is 5.96 Å². The molecule has 0 saturated carbocycles. The summed E-state index contributed by atoms with van der Waals surface area (Å²) in [4.78, 5) is 44.4. The van der Waals surface area contributed by atoms with E-state index in [1.807, 2.05) is 6.07 Å². The topological polar surface area (TPSA) is 205 Å². The molecule has 17 heteroatoms. The van der Waals surface area contributed by atoms with Gasteiger partial charge in [0.2, 0.25) is 5.91 Å². The van der Waals surface area contributed by atoms with Crippen LogP contribution in [0.3, 0.4) is 0 Å². The number of carboxylic acid groups (broad SMARTS) is 3. The Labute approximate surface area is 187 Å². The van der Waals surface area contributed by atoms with E-state index in [0.717, 1.165) is 5.56 Å². The van der Waals surface area contributed by atoms with Gasteiger partial charge in [-0.1, -0.05) is 30.3 Å². The highest BCUT2D eigenvalue weighted by Gasteiger charge is 2.38. The van der Waals surface area contributed by atoms with Gasteiger partial charge < -0.3 is 32.1 Å². The predicted molar refractivity (Wildman–Crippen MR) is 102 cm³/mol. The van der Waals surface area contributed by atoms with E-state index in [1.165, 1.54) is 6.92 Å². The summed E-state index contributed by atoms with van der Waals surface area (Å²) in [6.45, 7) is 1.48. The highest BCUT2D eigenvalue weighted by molar-refractivity contribution is 5.89. The number of hydrogen-bond donors (Lipinski definition) is 6. The van der Waals surface area contributed by atoms with Crippen LogP contribution in [-0.4, -0.2) is 69.5 Å². The van der Waals surface area contributed by atoms with Gasteiger partial charge >= 0.3 is 30.3 Å². The van der Waals surface area contributed by atoms with Gasteiger partial charge in [0.25, 0.3) is 0 Å².